The fourth-order valence-corrected chi connectivity index (χ4v) is 2.79. The third-order valence-electron chi connectivity index (χ3n) is 4.09. The zero-order valence-electron chi connectivity index (χ0n) is 16.4. The highest BCUT2D eigenvalue weighted by molar-refractivity contribution is 5.94. The molecule has 0 saturated heterocycles. The fourth-order valence-electron chi connectivity index (χ4n) is 2.79. The number of guanidine groups is 1. The highest BCUT2D eigenvalue weighted by Crippen LogP contribution is 2.05. The Labute approximate surface area is 152 Å². The van der Waals surface area contributed by atoms with Crippen molar-refractivity contribution in [2.75, 3.05) is 27.2 Å². The molecule has 0 spiro atoms. The Bertz CT molecular complexity index is 561. The van der Waals surface area contributed by atoms with Crippen LogP contribution in [0.1, 0.15) is 43.6 Å². The van der Waals surface area contributed by atoms with E-state index in [1.54, 1.807) is 14.1 Å². The van der Waals surface area contributed by atoms with E-state index in [1.807, 2.05) is 24.3 Å². The molecule has 0 fully saturated rings. The van der Waals surface area contributed by atoms with Crippen LogP contribution in [0, 0.1) is 0 Å². The predicted molar refractivity (Wildman–Crippen MR) is 105 cm³/mol. The predicted octanol–water partition coefficient (Wildman–Crippen LogP) is 1.83. The number of carbonyl (C=O) groups excluding carboxylic acids is 1. The van der Waals surface area contributed by atoms with Crippen LogP contribution in [0.2, 0.25) is 0 Å². The first kappa shape index (κ1) is 21.0. The number of hydrogen-bond donors (Lipinski definition) is 3. The number of benzene rings is 1. The van der Waals surface area contributed by atoms with Crippen molar-refractivity contribution in [1.82, 2.24) is 20.9 Å². The summed E-state index contributed by atoms with van der Waals surface area (Å²) in [6, 6.07) is 8.61. The van der Waals surface area contributed by atoms with Gasteiger partial charge < -0.3 is 16.0 Å². The second-order valence-electron chi connectivity index (χ2n) is 6.56. The average molecular weight is 348 g/mol. The van der Waals surface area contributed by atoms with Crippen molar-refractivity contribution in [3.8, 4) is 0 Å². The maximum atomic E-state index is 11.7. The van der Waals surface area contributed by atoms with Crippen molar-refractivity contribution in [2.45, 2.75) is 46.3 Å². The van der Waals surface area contributed by atoms with E-state index in [1.165, 1.54) is 0 Å². The topological polar surface area (TPSA) is 68.8 Å². The van der Waals surface area contributed by atoms with Crippen LogP contribution >= 0.6 is 0 Å². The first-order valence-electron chi connectivity index (χ1n) is 8.90. The van der Waals surface area contributed by atoms with E-state index < -0.39 is 0 Å². The molecule has 0 bridgehead atoms. The molecule has 0 saturated carbocycles. The van der Waals surface area contributed by atoms with Crippen LogP contribution in [0.5, 0.6) is 0 Å². The monoisotopic (exact) mass is 347 g/mol. The molecule has 25 heavy (non-hydrogen) atoms. The second-order valence-corrected chi connectivity index (χ2v) is 6.56. The smallest absolute Gasteiger partial charge is 0.251 e. The third-order valence-corrected chi connectivity index (χ3v) is 4.09. The van der Waals surface area contributed by atoms with Crippen molar-refractivity contribution in [2.24, 2.45) is 4.99 Å². The van der Waals surface area contributed by atoms with E-state index in [4.69, 9.17) is 0 Å². The summed E-state index contributed by atoms with van der Waals surface area (Å²) in [6.07, 6.45) is 0. The number of carbonyl (C=O) groups is 1. The van der Waals surface area contributed by atoms with Crippen molar-refractivity contribution in [3.63, 3.8) is 0 Å². The van der Waals surface area contributed by atoms with Crippen LogP contribution in [0.25, 0.3) is 0 Å². The summed E-state index contributed by atoms with van der Waals surface area (Å²) in [6.45, 7) is 11.3. The molecule has 6 heteroatoms. The highest BCUT2D eigenvalue weighted by atomic mass is 16.1. The van der Waals surface area contributed by atoms with Gasteiger partial charge in [-0.3, -0.25) is 14.7 Å². The summed E-state index contributed by atoms with van der Waals surface area (Å²) in [7, 11) is 3.40. The van der Waals surface area contributed by atoms with E-state index in [-0.39, 0.29) is 5.91 Å². The maximum Gasteiger partial charge on any atom is 0.251 e. The lowest BCUT2D eigenvalue weighted by molar-refractivity contribution is 0.0963. The lowest BCUT2D eigenvalue weighted by Crippen LogP contribution is -2.45. The molecule has 0 radical (unpaired) electrons. The van der Waals surface area contributed by atoms with E-state index in [9.17, 15) is 4.79 Å². The number of aliphatic imine (C=N–C) groups is 1. The van der Waals surface area contributed by atoms with Gasteiger partial charge in [-0.2, -0.15) is 0 Å². The van der Waals surface area contributed by atoms with Gasteiger partial charge in [-0.25, -0.2) is 0 Å². The zero-order valence-corrected chi connectivity index (χ0v) is 16.4. The van der Waals surface area contributed by atoms with Crippen LogP contribution in [-0.2, 0) is 6.54 Å². The van der Waals surface area contributed by atoms with Gasteiger partial charge >= 0.3 is 0 Å². The molecule has 0 aliphatic heterocycles. The Morgan fingerprint density at radius 2 is 1.84 bits per heavy atom. The molecule has 1 rings (SSSR count). The molecule has 1 amide bonds. The minimum atomic E-state index is -0.0770. The molecule has 140 valence electrons. The van der Waals surface area contributed by atoms with Gasteiger partial charge in [0.1, 0.15) is 0 Å². The third kappa shape index (κ3) is 7.13. The normalized spacial score (nSPS) is 12.0. The van der Waals surface area contributed by atoms with Gasteiger partial charge in [0, 0.05) is 51.4 Å². The molecule has 3 N–H and O–H groups in total. The molecule has 0 atom stereocenters. The average Bonchev–Trinajstić information content (AvgIpc) is 2.59. The fraction of sp³-hybridized carbons (Fsp3) is 0.579. The van der Waals surface area contributed by atoms with E-state index in [0.29, 0.717) is 24.2 Å². The molecular weight excluding hydrogens is 314 g/mol. The first-order chi connectivity index (χ1) is 11.9. The van der Waals surface area contributed by atoms with Gasteiger partial charge in [-0.15, -0.1) is 0 Å². The maximum absolute atomic E-state index is 11.7. The van der Waals surface area contributed by atoms with Gasteiger partial charge in [0.2, 0.25) is 0 Å². The van der Waals surface area contributed by atoms with E-state index in [2.05, 4.69) is 53.5 Å². The molecule has 1 aromatic rings. The highest BCUT2D eigenvalue weighted by Gasteiger charge is 2.12. The quantitative estimate of drug-likeness (QED) is 0.496. The molecule has 6 nitrogen and oxygen atoms in total. The molecule has 0 heterocycles. The number of hydrogen-bond acceptors (Lipinski definition) is 3. The summed E-state index contributed by atoms with van der Waals surface area (Å²) < 4.78 is 0. The van der Waals surface area contributed by atoms with Crippen LogP contribution in [0.3, 0.4) is 0 Å². The van der Waals surface area contributed by atoms with Crippen LogP contribution < -0.4 is 16.0 Å². The lowest BCUT2D eigenvalue weighted by atomic mass is 10.1. The van der Waals surface area contributed by atoms with Crippen LogP contribution in [0.15, 0.2) is 29.3 Å². The first-order valence-corrected chi connectivity index (χ1v) is 8.90. The minimum absolute atomic E-state index is 0.0770. The standard InChI is InChI=1S/C19H33N5O/c1-14(2)24(15(3)4)11-10-22-19(21-6)23-13-16-8-7-9-17(12-16)18(25)20-5/h7-9,12,14-15H,10-11,13H2,1-6H3,(H,20,25)(H2,21,22,23). The summed E-state index contributed by atoms with van der Waals surface area (Å²) >= 11 is 0. The van der Waals surface area contributed by atoms with Crippen molar-refractivity contribution in [1.29, 1.82) is 0 Å². The lowest BCUT2D eigenvalue weighted by Gasteiger charge is -2.30. The number of nitrogens with one attached hydrogen (secondary N) is 3. The Kier molecular flexibility index (Phi) is 8.99. The number of rotatable bonds is 8. The van der Waals surface area contributed by atoms with Gasteiger partial charge in [-0.1, -0.05) is 12.1 Å². The summed E-state index contributed by atoms with van der Waals surface area (Å²) in [5.74, 6) is 0.685. The summed E-state index contributed by atoms with van der Waals surface area (Å²) in [4.78, 5) is 18.4. The zero-order chi connectivity index (χ0) is 18.8. The molecule has 0 aromatic heterocycles. The van der Waals surface area contributed by atoms with Gasteiger partial charge in [-0.05, 0) is 45.4 Å². The van der Waals surface area contributed by atoms with Gasteiger partial charge in [0.25, 0.3) is 5.91 Å². The van der Waals surface area contributed by atoms with Crippen LogP contribution in [-0.4, -0.2) is 56.0 Å². The second kappa shape index (κ2) is 10.7. The SMILES string of the molecule is CN=C(NCCN(C(C)C)C(C)C)NCc1cccc(C(=O)NC)c1. The Morgan fingerprint density at radius 3 is 2.40 bits per heavy atom. The van der Waals surface area contributed by atoms with Crippen LogP contribution in [0.4, 0.5) is 0 Å². The summed E-state index contributed by atoms with van der Waals surface area (Å²) in [5.41, 5.74) is 1.70. The molecular formula is C19H33N5O. The Balaban J connectivity index is 2.51. The Hall–Kier alpha value is -2.08. The van der Waals surface area contributed by atoms with Crippen molar-refractivity contribution < 1.29 is 4.79 Å². The Morgan fingerprint density at radius 1 is 1.16 bits per heavy atom. The summed E-state index contributed by atoms with van der Waals surface area (Å²) in [5, 5.41) is 9.28. The molecule has 0 unspecified atom stereocenters. The van der Waals surface area contributed by atoms with Crippen molar-refractivity contribution >= 4 is 11.9 Å². The molecule has 0 aliphatic carbocycles. The number of amides is 1. The van der Waals surface area contributed by atoms with Crippen molar-refractivity contribution in [3.05, 3.63) is 35.4 Å². The molecule has 0 aliphatic rings. The molecule has 1 aromatic carbocycles. The van der Waals surface area contributed by atoms with Gasteiger partial charge in [0.05, 0.1) is 0 Å². The minimum Gasteiger partial charge on any atom is -0.355 e. The van der Waals surface area contributed by atoms with E-state index >= 15 is 0 Å². The largest absolute Gasteiger partial charge is 0.355 e. The van der Waals surface area contributed by atoms with E-state index in [0.717, 1.165) is 24.6 Å². The number of nitrogens with zero attached hydrogens (tertiary/aromatic N) is 2. The van der Waals surface area contributed by atoms with Gasteiger partial charge in [0.15, 0.2) is 5.96 Å².